The molecule has 0 N–H and O–H groups in total. The van der Waals surface area contributed by atoms with Gasteiger partial charge in [-0.3, -0.25) is 0 Å². The first-order valence-corrected chi connectivity index (χ1v) is 16.8. The molecule has 0 saturated heterocycles. The standard InChI is InChI=1S/C45H29N3O3/c1-28-10-12-29(13-11-28)44(30-14-20-33(46-49)21-15-30)40-8-4-2-6-36(40)38-27-43-39(26-42(38)44)37-7-3-5-9-41(37)45(43,31-16-22-34(47-50)23-17-31)32-18-24-35(48-51)25-19-32/h2-27H,1H3. The molecule has 0 amide bonds. The maximum Gasteiger partial charge on any atom is 0.108 e. The molecule has 0 heterocycles. The molecule has 6 heteroatoms. The molecule has 0 saturated carbocycles. The van der Waals surface area contributed by atoms with Gasteiger partial charge in [-0.1, -0.05) is 115 Å². The third-order valence-corrected chi connectivity index (χ3v) is 10.9. The molecule has 7 aromatic rings. The predicted molar refractivity (Wildman–Crippen MR) is 202 cm³/mol. The molecule has 1 unspecified atom stereocenters. The van der Waals surface area contributed by atoms with Crippen LogP contribution < -0.4 is 0 Å². The molecule has 2 aliphatic carbocycles. The van der Waals surface area contributed by atoms with Gasteiger partial charge in [-0.25, -0.2) is 0 Å². The number of nitroso groups, excluding NO2 is 3. The van der Waals surface area contributed by atoms with Crippen LogP contribution in [0.3, 0.4) is 0 Å². The number of rotatable bonds is 7. The van der Waals surface area contributed by atoms with Gasteiger partial charge in [-0.2, -0.15) is 0 Å². The molecule has 7 aromatic carbocycles. The smallest absolute Gasteiger partial charge is 0.108 e. The number of hydrogen-bond acceptors (Lipinski definition) is 6. The summed E-state index contributed by atoms with van der Waals surface area (Å²) in [5, 5.41) is 9.58. The van der Waals surface area contributed by atoms with Crippen molar-refractivity contribution < 1.29 is 0 Å². The van der Waals surface area contributed by atoms with Gasteiger partial charge in [-0.15, -0.1) is 14.7 Å². The third kappa shape index (κ3) is 4.17. The molecule has 9 rings (SSSR count). The first-order valence-electron chi connectivity index (χ1n) is 16.8. The SMILES string of the molecule is Cc1ccc(C2(c3ccc(N=O)cc3)c3ccccc3-c3cc4c(cc32)-c2ccccc2C4(c2ccc(N=O)cc2)c2ccc(N=O)cc2)cc1. The molecule has 0 fully saturated rings. The highest BCUT2D eigenvalue weighted by atomic mass is 16.3. The minimum absolute atomic E-state index is 0.350. The number of nitrogens with zero attached hydrogens (tertiary/aromatic N) is 3. The summed E-state index contributed by atoms with van der Waals surface area (Å²) in [4.78, 5) is 34.6. The summed E-state index contributed by atoms with van der Waals surface area (Å²) in [5.41, 5.74) is 13.8. The average molecular weight is 660 g/mol. The normalized spacial score (nSPS) is 16.0. The van der Waals surface area contributed by atoms with Crippen molar-refractivity contribution in [3.8, 4) is 22.3 Å². The molecule has 0 radical (unpaired) electrons. The first-order chi connectivity index (χ1) is 25.0. The zero-order chi connectivity index (χ0) is 34.7. The summed E-state index contributed by atoms with van der Waals surface area (Å²) in [7, 11) is 0. The summed E-state index contributed by atoms with van der Waals surface area (Å²) >= 11 is 0. The number of benzene rings is 7. The molecular weight excluding hydrogens is 631 g/mol. The van der Waals surface area contributed by atoms with Crippen molar-refractivity contribution in [2.24, 2.45) is 15.5 Å². The fraction of sp³-hybridized carbons (Fsp3) is 0.0667. The number of aryl methyl sites for hydroxylation is 1. The zero-order valence-corrected chi connectivity index (χ0v) is 27.6. The molecule has 1 atom stereocenters. The van der Waals surface area contributed by atoms with Crippen LogP contribution in [0.5, 0.6) is 0 Å². The van der Waals surface area contributed by atoms with Crippen molar-refractivity contribution in [1.29, 1.82) is 0 Å². The van der Waals surface area contributed by atoms with Gasteiger partial charge < -0.3 is 0 Å². The van der Waals surface area contributed by atoms with E-state index in [2.05, 4.69) is 107 Å². The lowest BCUT2D eigenvalue weighted by Crippen LogP contribution is -2.30. The van der Waals surface area contributed by atoms with Crippen LogP contribution in [-0.4, -0.2) is 0 Å². The molecule has 0 bridgehead atoms. The van der Waals surface area contributed by atoms with Crippen LogP contribution in [0.2, 0.25) is 0 Å². The van der Waals surface area contributed by atoms with Gasteiger partial charge in [0.25, 0.3) is 0 Å². The molecule has 2 aliphatic rings. The maximum atomic E-state index is 11.5. The van der Waals surface area contributed by atoms with E-state index in [1.54, 1.807) is 36.4 Å². The molecule has 0 aliphatic heterocycles. The van der Waals surface area contributed by atoms with E-state index in [4.69, 9.17) is 0 Å². The molecule has 0 spiro atoms. The molecule has 51 heavy (non-hydrogen) atoms. The summed E-state index contributed by atoms with van der Waals surface area (Å²) in [6.45, 7) is 2.09. The summed E-state index contributed by atoms with van der Waals surface area (Å²) in [6.07, 6.45) is 0. The number of fused-ring (bicyclic) bond motifs is 6. The second-order valence-corrected chi connectivity index (χ2v) is 13.3. The van der Waals surface area contributed by atoms with Crippen LogP contribution in [-0.2, 0) is 10.8 Å². The largest absolute Gasteiger partial charge is 0.145 e. The second-order valence-electron chi connectivity index (χ2n) is 13.3. The van der Waals surface area contributed by atoms with Crippen molar-refractivity contribution in [2.75, 3.05) is 0 Å². The Bertz CT molecular complexity index is 2470. The summed E-state index contributed by atoms with van der Waals surface area (Å²) < 4.78 is 0. The highest BCUT2D eigenvalue weighted by Crippen LogP contribution is 2.62. The lowest BCUT2D eigenvalue weighted by atomic mass is 9.66. The van der Waals surface area contributed by atoms with Gasteiger partial charge >= 0.3 is 0 Å². The van der Waals surface area contributed by atoms with E-state index in [-0.39, 0.29) is 0 Å². The molecule has 0 aromatic heterocycles. The zero-order valence-electron chi connectivity index (χ0n) is 27.6. The quantitative estimate of drug-likeness (QED) is 0.159. The van der Waals surface area contributed by atoms with Crippen molar-refractivity contribution in [1.82, 2.24) is 0 Å². The average Bonchev–Trinajstić information content (AvgIpc) is 3.65. The van der Waals surface area contributed by atoms with Crippen molar-refractivity contribution in [2.45, 2.75) is 17.8 Å². The Labute approximate surface area is 294 Å². The Morgan fingerprint density at radius 1 is 0.353 bits per heavy atom. The van der Waals surface area contributed by atoms with Crippen LogP contribution in [0.4, 0.5) is 17.1 Å². The predicted octanol–water partition coefficient (Wildman–Crippen LogP) is 11.9. The summed E-state index contributed by atoms with van der Waals surface area (Å²) in [5.74, 6) is 0. The minimum atomic E-state index is -0.787. The minimum Gasteiger partial charge on any atom is -0.145 e. The van der Waals surface area contributed by atoms with Gasteiger partial charge in [0, 0.05) is 0 Å². The van der Waals surface area contributed by atoms with E-state index < -0.39 is 10.8 Å². The van der Waals surface area contributed by atoms with Gasteiger partial charge in [0.05, 0.1) is 10.8 Å². The molecule has 6 nitrogen and oxygen atoms in total. The van der Waals surface area contributed by atoms with Crippen molar-refractivity contribution >= 4 is 17.1 Å². The summed E-state index contributed by atoms with van der Waals surface area (Å²) in [6, 6.07) is 53.1. The fourth-order valence-electron chi connectivity index (χ4n) is 8.74. The lowest BCUT2D eigenvalue weighted by Gasteiger charge is -2.35. The van der Waals surface area contributed by atoms with E-state index in [0.29, 0.717) is 17.1 Å². The Balaban J connectivity index is 1.43. The third-order valence-electron chi connectivity index (χ3n) is 10.9. The van der Waals surface area contributed by atoms with Crippen molar-refractivity contribution in [3.63, 3.8) is 0 Å². The van der Waals surface area contributed by atoms with Crippen LogP contribution in [0.1, 0.15) is 50.1 Å². The topological polar surface area (TPSA) is 88.3 Å². The van der Waals surface area contributed by atoms with Gasteiger partial charge in [0.1, 0.15) is 17.1 Å². The number of hydrogen-bond donors (Lipinski definition) is 0. The first kappa shape index (κ1) is 30.4. The Hall–Kier alpha value is -6.66. The molecular formula is C45H29N3O3. The van der Waals surface area contributed by atoms with Crippen molar-refractivity contribution in [3.05, 3.63) is 223 Å². The van der Waals surface area contributed by atoms with Crippen LogP contribution in [0.15, 0.2) is 173 Å². The van der Waals surface area contributed by atoms with E-state index in [1.165, 1.54) is 5.56 Å². The van der Waals surface area contributed by atoms with Crippen LogP contribution in [0.25, 0.3) is 22.3 Å². The van der Waals surface area contributed by atoms with Gasteiger partial charge in [0.2, 0.25) is 0 Å². The fourth-order valence-corrected chi connectivity index (χ4v) is 8.74. The highest BCUT2D eigenvalue weighted by Gasteiger charge is 2.51. The molecule has 242 valence electrons. The Morgan fingerprint density at radius 3 is 1.00 bits per heavy atom. The van der Waals surface area contributed by atoms with Crippen LogP contribution >= 0.6 is 0 Å². The van der Waals surface area contributed by atoms with Gasteiger partial charge in [0.15, 0.2) is 0 Å². The second kappa shape index (κ2) is 11.5. The lowest BCUT2D eigenvalue weighted by molar-refractivity contribution is 0.758. The highest BCUT2D eigenvalue weighted by molar-refractivity contribution is 5.94. The van der Waals surface area contributed by atoms with E-state index in [0.717, 1.165) is 66.8 Å². The monoisotopic (exact) mass is 659 g/mol. The van der Waals surface area contributed by atoms with E-state index in [1.807, 2.05) is 36.4 Å². The Kier molecular flexibility index (Phi) is 6.83. The van der Waals surface area contributed by atoms with Gasteiger partial charge in [-0.05, 0) is 138 Å². The van der Waals surface area contributed by atoms with Crippen LogP contribution in [0, 0.1) is 21.6 Å². The maximum absolute atomic E-state index is 11.5. The van der Waals surface area contributed by atoms with E-state index in [9.17, 15) is 14.7 Å². The Morgan fingerprint density at radius 2 is 0.667 bits per heavy atom. The van der Waals surface area contributed by atoms with E-state index >= 15 is 0 Å².